The highest BCUT2D eigenvalue weighted by atomic mass is 127. The van der Waals surface area contributed by atoms with Crippen molar-refractivity contribution in [1.82, 2.24) is 10.6 Å². The lowest BCUT2D eigenvalue weighted by Crippen LogP contribution is -2.46. The Labute approximate surface area is 176 Å². The molecule has 0 bridgehead atoms. The first-order valence-corrected chi connectivity index (χ1v) is 11.0. The van der Waals surface area contributed by atoms with E-state index in [1.165, 1.54) is 25.7 Å². The van der Waals surface area contributed by atoms with Gasteiger partial charge in [0.25, 0.3) is 0 Å². The Kier molecular flexibility index (Phi) is 11.1. The number of hydrogen-bond acceptors (Lipinski definition) is 3. The number of rotatable bonds is 6. The molecule has 25 heavy (non-hydrogen) atoms. The molecule has 1 saturated heterocycles. The van der Waals surface area contributed by atoms with Crippen molar-refractivity contribution in [3.63, 3.8) is 0 Å². The van der Waals surface area contributed by atoms with Crippen LogP contribution in [0, 0.1) is 11.8 Å². The minimum absolute atomic E-state index is 0. The molecule has 2 fully saturated rings. The molecule has 0 spiro atoms. The van der Waals surface area contributed by atoms with Crippen molar-refractivity contribution in [3.05, 3.63) is 0 Å². The molecule has 2 N–H and O–H groups in total. The second-order valence-corrected chi connectivity index (χ2v) is 8.97. The summed E-state index contributed by atoms with van der Waals surface area (Å²) in [6.45, 7) is 10.4. The normalized spacial score (nSPS) is 26.8. The molecule has 2 aliphatic rings. The van der Waals surface area contributed by atoms with Gasteiger partial charge in [-0.25, -0.2) is 0 Å². The predicted molar refractivity (Wildman–Crippen MR) is 121 cm³/mol. The zero-order chi connectivity index (χ0) is 17.4. The largest absolute Gasteiger partial charge is 0.381 e. The molecular weight excluding hydrogens is 445 g/mol. The topological polar surface area (TPSA) is 45.7 Å². The van der Waals surface area contributed by atoms with Gasteiger partial charge in [0.1, 0.15) is 0 Å². The van der Waals surface area contributed by atoms with E-state index in [9.17, 15) is 0 Å². The molecule has 4 nitrogen and oxygen atoms in total. The van der Waals surface area contributed by atoms with Gasteiger partial charge in [-0.2, -0.15) is 11.8 Å². The molecule has 148 valence electrons. The van der Waals surface area contributed by atoms with E-state index in [1.807, 2.05) is 11.8 Å². The van der Waals surface area contributed by atoms with Gasteiger partial charge in [-0.1, -0.05) is 13.8 Å². The first kappa shape index (κ1) is 23.3. The molecule has 0 aromatic rings. The monoisotopic (exact) mass is 483 g/mol. The van der Waals surface area contributed by atoms with Crippen molar-refractivity contribution in [2.45, 2.75) is 70.1 Å². The van der Waals surface area contributed by atoms with Crippen molar-refractivity contribution in [2.24, 2.45) is 16.8 Å². The Morgan fingerprint density at radius 3 is 2.36 bits per heavy atom. The number of aliphatic imine (C=N–C) groups is 1. The van der Waals surface area contributed by atoms with Crippen LogP contribution >= 0.6 is 35.7 Å². The van der Waals surface area contributed by atoms with Crippen LogP contribution in [0.5, 0.6) is 0 Å². The standard InChI is InChI=1S/C19H37N3OS.HI/c1-5-20-18(21-14-19(24-4)10-12-23-13-11-19)22-17-8-6-16(7-9-17)15(2)3;/h15-17H,5-14H2,1-4H3,(H2,20,21,22);1H. The minimum Gasteiger partial charge on any atom is -0.381 e. The number of halogens is 1. The van der Waals surface area contributed by atoms with Gasteiger partial charge in [-0.15, -0.1) is 24.0 Å². The Balaban J connectivity index is 0.00000312. The van der Waals surface area contributed by atoms with Crippen LogP contribution in [0.4, 0.5) is 0 Å². The number of thioether (sulfide) groups is 1. The molecule has 6 heteroatoms. The number of ether oxygens (including phenoxy) is 1. The fourth-order valence-electron chi connectivity index (χ4n) is 3.84. The van der Waals surface area contributed by atoms with Crippen LogP contribution in [0.2, 0.25) is 0 Å². The summed E-state index contributed by atoms with van der Waals surface area (Å²) in [7, 11) is 0. The number of nitrogens with zero attached hydrogens (tertiary/aromatic N) is 1. The van der Waals surface area contributed by atoms with E-state index >= 15 is 0 Å². The lowest BCUT2D eigenvalue weighted by atomic mass is 9.80. The SMILES string of the molecule is CCNC(=NCC1(SC)CCOCC1)NC1CCC(C(C)C)CC1.I. The van der Waals surface area contributed by atoms with Crippen LogP contribution in [0.1, 0.15) is 59.3 Å². The van der Waals surface area contributed by atoms with E-state index in [1.54, 1.807) is 0 Å². The van der Waals surface area contributed by atoms with Gasteiger partial charge in [0.15, 0.2) is 5.96 Å². The number of guanidine groups is 1. The van der Waals surface area contributed by atoms with Crippen LogP contribution in [0.15, 0.2) is 4.99 Å². The van der Waals surface area contributed by atoms with E-state index in [2.05, 4.69) is 37.7 Å². The van der Waals surface area contributed by atoms with E-state index in [4.69, 9.17) is 9.73 Å². The molecule has 1 heterocycles. The summed E-state index contributed by atoms with van der Waals surface area (Å²) in [5.41, 5.74) is 0. The second kappa shape index (κ2) is 11.9. The Morgan fingerprint density at radius 2 is 1.84 bits per heavy atom. The van der Waals surface area contributed by atoms with Crippen LogP contribution in [0.25, 0.3) is 0 Å². The first-order chi connectivity index (χ1) is 11.6. The third-order valence-corrected chi connectivity index (χ3v) is 7.17. The molecule has 1 saturated carbocycles. The third kappa shape index (κ3) is 7.45. The zero-order valence-corrected chi connectivity index (χ0v) is 19.6. The van der Waals surface area contributed by atoms with Gasteiger partial charge in [-0.3, -0.25) is 4.99 Å². The summed E-state index contributed by atoms with van der Waals surface area (Å²) in [6.07, 6.45) is 9.67. The highest BCUT2D eigenvalue weighted by molar-refractivity contribution is 14.0. The molecular formula is C19H38IN3OS. The Morgan fingerprint density at radius 1 is 1.20 bits per heavy atom. The molecule has 1 aliphatic carbocycles. The summed E-state index contributed by atoms with van der Waals surface area (Å²) in [5, 5.41) is 7.14. The Hall–Kier alpha value is 0.310. The highest BCUT2D eigenvalue weighted by Gasteiger charge is 2.32. The summed E-state index contributed by atoms with van der Waals surface area (Å²) >= 11 is 1.96. The molecule has 2 rings (SSSR count). The Bertz CT molecular complexity index is 392. The van der Waals surface area contributed by atoms with Gasteiger partial charge in [0.05, 0.1) is 6.54 Å². The summed E-state index contributed by atoms with van der Waals surface area (Å²) < 4.78 is 5.80. The van der Waals surface area contributed by atoms with Crippen LogP contribution in [0.3, 0.4) is 0 Å². The zero-order valence-electron chi connectivity index (χ0n) is 16.5. The molecule has 0 unspecified atom stereocenters. The molecule has 0 amide bonds. The average molecular weight is 484 g/mol. The van der Waals surface area contributed by atoms with Gasteiger partial charge < -0.3 is 15.4 Å². The van der Waals surface area contributed by atoms with Crippen LogP contribution in [-0.2, 0) is 4.74 Å². The summed E-state index contributed by atoms with van der Waals surface area (Å²) in [4.78, 5) is 4.95. The van der Waals surface area contributed by atoms with Crippen LogP contribution in [-0.4, -0.2) is 49.3 Å². The highest BCUT2D eigenvalue weighted by Crippen LogP contribution is 2.34. The predicted octanol–water partition coefficient (Wildman–Crippen LogP) is 4.29. The van der Waals surface area contributed by atoms with Crippen molar-refractivity contribution in [3.8, 4) is 0 Å². The van der Waals surface area contributed by atoms with E-state index in [-0.39, 0.29) is 28.7 Å². The molecule has 0 atom stereocenters. The smallest absolute Gasteiger partial charge is 0.191 e. The fourth-order valence-corrected chi connectivity index (χ4v) is 4.61. The lowest BCUT2D eigenvalue weighted by Gasteiger charge is -2.35. The summed E-state index contributed by atoms with van der Waals surface area (Å²) in [5.74, 6) is 2.73. The third-order valence-electron chi connectivity index (χ3n) is 5.76. The molecule has 0 radical (unpaired) electrons. The van der Waals surface area contributed by atoms with Gasteiger partial charge in [0, 0.05) is 30.5 Å². The van der Waals surface area contributed by atoms with Gasteiger partial charge in [0.2, 0.25) is 0 Å². The maximum absolute atomic E-state index is 5.54. The number of hydrogen-bond donors (Lipinski definition) is 2. The maximum Gasteiger partial charge on any atom is 0.191 e. The van der Waals surface area contributed by atoms with Crippen molar-refractivity contribution in [1.29, 1.82) is 0 Å². The minimum atomic E-state index is 0. The fraction of sp³-hybridized carbons (Fsp3) is 0.947. The molecule has 1 aliphatic heterocycles. The first-order valence-electron chi connectivity index (χ1n) is 9.76. The quantitative estimate of drug-likeness (QED) is 0.336. The van der Waals surface area contributed by atoms with E-state index in [0.717, 1.165) is 56.9 Å². The maximum atomic E-state index is 5.54. The molecule has 0 aromatic carbocycles. The van der Waals surface area contributed by atoms with Crippen molar-refractivity contribution < 1.29 is 4.74 Å². The van der Waals surface area contributed by atoms with Crippen molar-refractivity contribution in [2.75, 3.05) is 32.6 Å². The summed E-state index contributed by atoms with van der Waals surface area (Å²) in [6, 6.07) is 0.581. The molecule has 0 aromatic heterocycles. The van der Waals surface area contributed by atoms with Crippen molar-refractivity contribution >= 4 is 41.7 Å². The van der Waals surface area contributed by atoms with Crippen LogP contribution < -0.4 is 10.6 Å². The number of nitrogens with one attached hydrogen (secondary N) is 2. The average Bonchev–Trinajstić information content (AvgIpc) is 2.61. The van der Waals surface area contributed by atoms with E-state index in [0.29, 0.717) is 6.04 Å². The lowest BCUT2D eigenvalue weighted by molar-refractivity contribution is 0.0794. The van der Waals surface area contributed by atoms with Gasteiger partial charge >= 0.3 is 0 Å². The van der Waals surface area contributed by atoms with Gasteiger partial charge in [-0.05, 0) is 63.5 Å². The second-order valence-electron chi connectivity index (χ2n) is 7.69. The van der Waals surface area contributed by atoms with E-state index < -0.39 is 0 Å².